The minimum atomic E-state index is -0.416. The van der Waals surface area contributed by atoms with Gasteiger partial charge in [-0.1, -0.05) is 41.9 Å². The second-order valence-corrected chi connectivity index (χ2v) is 5.60. The van der Waals surface area contributed by atoms with Gasteiger partial charge < -0.3 is 15.4 Å². The Morgan fingerprint density at radius 3 is 2.58 bits per heavy atom. The van der Waals surface area contributed by atoms with E-state index in [4.69, 9.17) is 16.3 Å². The molecule has 0 aliphatic heterocycles. The van der Waals surface area contributed by atoms with E-state index in [1.165, 1.54) is 23.8 Å². The summed E-state index contributed by atoms with van der Waals surface area (Å²) in [6.07, 6.45) is 1.80. The largest absolute Gasteiger partial charge is 0.490 e. The third kappa shape index (κ3) is 6.46. The van der Waals surface area contributed by atoms with E-state index < -0.39 is 5.82 Å². The van der Waals surface area contributed by atoms with E-state index >= 15 is 0 Å². The SMILES string of the molecule is O=C(NCCCc1ccccc1)NCCOc1ccc(F)cc1Cl. The Balaban J connectivity index is 1.55. The van der Waals surface area contributed by atoms with Crippen LogP contribution in [0.3, 0.4) is 0 Å². The zero-order valence-corrected chi connectivity index (χ0v) is 14.0. The fourth-order valence-corrected chi connectivity index (χ4v) is 2.34. The van der Waals surface area contributed by atoms with Crippen LogP contribution in [0.5, 0.6) is 5.75 Å². The van der Waals surface area contributed by atoms with Crippen molar-refractivity contribution < 1.29 is 13.9 Å². The van der Waals surface area contributed by atoms with Gasteiger partial charge in [0.15, 0.2) is 0 Å². The molecule has 128 valence electrons. The molecule has 2 aromatic rings. The summed E-state index contributed by atoms with van der Waals surface area (Å²) in [6.45, 7) is 1.19. The first-order valence-corrected chi connectivity index (χ1v) is 8.16. The first kappa shape index (κ1) is 18.1. The van der Waals surface area contributed by atoms with Crippen LogP contribution >= 0.6 is 11.6 Å². The standard InChI is InChI=1S/C18H20ClFN2O2/c19-16-13-15(20)8-9-17(16)24-12-11-22-18(23)21-10-4-7-14-5-2-1-3-6-14/h1-3,5-6,8-9,13H,4,7,10-12H2,(H2,21,22,23). The smallest absolute Gasteiger partial charge is 0.314 e. The minimum absolute atomic E-state index is 0.209. The van der Waals surface area contributed by atoms with E-state index in [0.29, 0.717) is 18.8 Å². The van der Waals surface area contributed by atoms with E-state index in [9.17, 15) is 9.18 Å². The number of carbonyl (C=O) groups is 1. The summed E-state index contributed by atoms with van der Waals surface area (Å²) < 4.78 is 18.3. The van der Waals surface area contributed by atoms with Crippen molar-refractivity contribution in [3.8, 4) is 5.75 Å². The molecule has 0 aromatic heterocycles. The fraction of sp³-hybridized carbons (Fsp3) is 0.278. The monoisotopic (exact) mass is 350 g/mol. The summed E-state index contributed by atoms with van der Waals surface area (Å²) in [5, 5.41) is 5.69. The van der Waals surface area contributed by atoms with E-state index in [0.717, 1.165) is 12.8 Å². The average molecular weight is 351 g/mol. The number of amides is 2. The molecule has 0 heterocycles. The van der Waals surface area contributed by atoms with Crippen molar-refractivity contribution in [3.05, 3.63) is 64.9 Å². The van der Waals surface area contributed by atoms with E-state index in [2.05, 4.69) is 22.8 Å². The van der Waals surface area contributed by atoms with Gasteiger partial charge in [-0.05, 0) is 36.6 Å². The highest BCUT2D eigenvalue weighted by atomic mass is 35.5. The van der Waals surface area contributed by atoms with Gasteiger partial charge in [-0.15, -0.1) is 0 Å². The van der Waals surface area contributed by atoms with Gasteiger partial charge >= 0.3 is 6.03 Å². The third-order valence-corrected chi connectivity index (χ3v) is 3.61. The predicted molar refractivity (Wildman–Crippen MR) is 93.1 cm³/mol. The lowest BCUT2D eigenvalue weighted by atomic mass is 10.1. The predicted octanol–water partition coefficient (Wildman–Crippen LogP) is 3.79. The normalized spacial score (nSPS) is 10.2. The molecule has 0 bridgehead atoms. The van der Waals surface area contributed by atoms with Crippen LogP contribution in [0.15, 0.2) is 48.5 Å². The second-order valence-electron chi connectivity index (χ2n) is 5.20. The Labute approximate surface area is 146 Å². The van der Waals surface area contributed by atoms with Crippen molar-refractivity contribution in [2.45, 2.75) is 12.8 Å². The van der Waals surface area contributed by atoms with Crippen LogP contribution in [0.1, 0.15) is 12.0 Å². The lowest BCUT2D eigenvalue weighted by Gasteiger charge is -2.10. The first-order chi connectivity index (χ1) is 11.6. The number of benzene rings is 2. The Hall–Kier alpha value is -2.27. The van der Waals surface area contributed by atoms with Crippen molar-refractivity contribution in [2.24, 2.45) is 0 Å². The molecule has 0 spiro atoms. The molecule has 0 fully saturated rings. The van der Waals surface area contributed by atoms with E-state index in [1.807, 2.05) is 18.2 Å². The highest BCUT2D eigenvalue weighted by molar-refractivity contribution is 6.32. The van der Waals surface area contributed by atoms with Gasteiger partial charge in [-0.3, -0.25) is 0 Å². The van der Waals surface area contributed by atoms with Crippen LogP contribution in [0, 0.1) is 5.82 Å². The van der Waals surface area contributed by atoms with Gasteiger partial charge in [-0.2, -0.15) is 0 Å². The van der Waals surface area contributed by atoms with Gasteiger partial charge in [0.2, 0.25) is 0 Å². The molecule has 0 unspecified atom stereocenters. The Morgan fingerprint density at radius 2 is 1.83 bits per heavy atom. The second kappa shape index (κ2) is 9.78. The van der Waals surface area contributed by atoms with Crippen LogP contribution in [0.25, 0.3) is 0 Å². The lowest BCUT2D eigenvalue weighted by molar-refractivity contribution is 0.236. The summed E-state index contributed by atoms with van der Waals surface area (Å²) in [5.41, 5.74) is 1.25. The van der Waals surface area contributed by atoms with Gasteiger partial charge in [0.05, 0.1) is 11.6 Å². The van der Waals surface area contributed by atoms with Gasteiger partial charge in [-0.25, -0.2) is 9.18 Å². The van der Waals surface area contributed by atoms with Gasteiger partial charge in [0.1, 0.15) is 18.2 Å². The van der Waals surface area contributed by atoms with Crippen LogP contribution in [0.4, 0.5) is 9.18 Å². The summed E-state index contributed by atoms with van der Waals surface area (Å²) in [4.78, 5) is 11.6. The molecule has 24 heavy (non-hydrogen) atoms. The third-order valence-electron chi connectivity index (χ3n) is 3.31. The lowest BCUT2D eigenvalue weighted by Crippen LogP contribution is -2.38. The van der Waals surface area contributed by atoms with Crippen molar-refractivity contribution in [2.75, 3.05) is 19.7 Å². The molecular formula is C18H20ClFN2O2. The number of carbonyl (C=O) groups excluding carboxylic acids is 1. The fourth-order valence-electron chi connectivity index (χ4n) is 2.12. The number of aryl methyl sites for hydroxylation is 1. The number of hydrogen-bond acceptors (Lipinski definition) is 2. The number of nitrogens with one attached hydrogen (secondary N) is 2. The quantitative estimate of drug-likeness (QED) is 0.712. The van der Waals surface area contributed by atoms with Crippen molar-refractivity contribution >= 4 is 17.6 Å². The zero-order valence-electron chi connectivity index (χ0n) is 13.2. The van der Waals surface area contributed by atoms with Crippen molar-refractivity contribution in [3.63, 3.8) is 0 Å². The Bertz CT molecular complexity index is 653. The maximum atomic E-state index is 12.9. The zero-order chi connectivity index (χ0) is 17.2. The molecule has 0 aliphatic carbocycles. The topological polar surface area (TPSA) is 50.4 Å². The molecule has 2 aromatic carbocycles. The highest BCUT2D eigenvalue weighted by Gasteiger charge is 2.04. The van der Waals surface area contributed by atoms with Crippen molar-refractivity contribution in [1.29, 1.82) is 0 Å². The van der Waals surface area contributed by atoms with Crippen LogP contribution in [-0.2, 0) is 6.42 Å². The molecule has 0 atom stereocenters. The van der Waals surface area contributed by atoms with Gasteiger partial charge in [0, 0.05) is 6.54 Å². The molecule has 0 aliphatic rings. The van der Waals surface area contributed by atoms with Crippen LogP contribution in [-0.4, -0.2) is 25.7 Å². The summed E-state index contributed by atoms with van der Waals surface area (Å²) in [7, 11) is 0. The van der Waals surface area contributed by atoms with E-state index in [-0.39, 0.29) is 17.7 Å². The Kier molecular flexibility index (Phi) is 7.36. The maximum Gasteiger partial charge on any atom is 0.314 e. The molecular weight excluding hydrogens is 331 g/mol. The Morgan fingerprint density at radius 1 is 1.08 bits per heavy atom. The molecule has 0 saturated carbocycles. The molecule has 4 nitrogen and oxygen atoms in total. The van der Waals surface area contributed by atoms with Crippen LogP contribution < -0.4 is 15.4 Å². The minimum Gasteiger partial charge on any atom is -0.490 e. The molecule has 2 N–H and O–H groups in total. The molecule has 2 amide bonds. The molecule has 0 radical (unpaired) electrons. The number of ether oxygens (including phenoxy) is 1. The summed E-state index contributed by atoms with van der Waals surface area (Å²) in [5.74, 6) is -0.0245. The van der Waals surface area contributed by atoms with Crippen LogP contribution in [0.2, 0.25) is 5.02 Å². The number of rotatable bonds is 8. The summed E-state index contributed by atoms with van der Waals surface area (Å²) in [6, 6.07) is 13.8. The van der Waals surface area contributed by atoms with Crippen molar-refractivity contribution in [1.82, 2.24) is 10.6 Å². The molecule has 6 heteroatoms. The number of urea groups is 1. The molecule has 2 rings (SSSR count). The molecule has 0 saturated heterocycles. The number of hydrogen-bond donors (Lipinski definition) is 2. The van der Waals surface area contributed by atoms with E-state index in [1.54, 1.807) is 0 Å². The average Bonchev–Trinajstić information content (AvgIpc) is 2.58. The van der Waals surface area contributed by atoms with Gasteiger partial charge in [0.25, 0.3) is 0 Å². The number of halogens is 2. The highest BCUT2D eigenvalue weighted by Crippen LogP contribution is 2.24. The summed E-state index contributed by atoms with van der Waals surface area (Å²) >= 11 is 5.84. The first-order valence-electron chi connectivity index (χ1n) is 7.78. The maximum absolute atomic E-state index is 12.9.